The molecule has 2 rings (SSSR count). The highest BCUT2D eigenvalue weighted by Gasteiger charge is 2.16. The largest absolute Gasteiger partial charge is 0.493 e. The number of ether oxygens (including phenoxy) is 2. The highest BCUT2D eigenvalue weighted by molar-refractivity contribution is 6.40. The summed E-state index contributed by atoms with van der Waals surface area (Å²) < 4.78 is 10.4. The maximum Gasteiger partial charge on any atom is 0.313 e. The van der Waals surface area contributed by atoms with Crippen molar-refractivity contribution in [1.29, 1.82) is 0 Å². The molecule has 2 aromatic carbocycles. The molecule has 8 nitrogen and oxygen atoms in total. The first-order valence-electron chi connectivity index (χ1n) is 8.15. The van der Waals surface area contributed by atoms with Gasteiger partial charge in [0.1, 0.15) is 0 Å². The van der Waals surface area contributed by atoms with Gasteiger partial charge in [-0.1, -0.05) is 18.2 Å². The molecule has 0 heterocycles. The minimum atomic E-state index is -0.879. The van der Waals surface area contributed by atoms with E-state index in [4.69, 9.17) is 15.2 Å². The second-order valence-electron chi connectivity index (χ2n) is 5.56. The first kappa shape index (κ1) is 19.8. The van der Waals surface area contributed by atoms with E-state index in [1.165, 1.54) is 19.2 Å². The fourth-order valence-corrected chi connectivity index (χ4v) is 2.42. The molecule has 142 valence electrons. The number of carbonyl (C=O) groups is 3. The van der Waals surface area contributed by atoms with Crippen molar-refractivity contribution in [2.45, 2.75) is 6.42 Å². The van der Waals surface area contributed by atoms with Crippen LogP contribution in [0.15, 0.2) is 42.5 Å². The van der Waals surface area contributed by atoms with Crippen molar-refractivity contribution in [2.75, 3.05) is 26.1 Å². The quantitative estimate of drug-likeness (QED) is 0.630. The van der Waals surface area contributed by atoms with Crippen LogP contribution < -0.4 is 25.8 Å². The lowest BCUT2D eigenvalue weighted by molar-refractivity contribution is -0.136. The molecule has 0 aliphatic rings. The van der Waals surface area contributed by atoms with Crippen LogP contribution in [0.4, 0.5) is 5.69 Å². The Kier molecular flexibility index (Phi) is 6.76. The number of nitrogens with two attached hydrogens (primary N) is 1. The van der Waals surface area contributed by atoms with E-state index in [1.54, 1.807) is 31.4 Å². The van der Waals surface area contributed by atoms with Crippen molar-refractivity contribution in [3.63, 3.8) is 0 Å². The monoisotopic (exact) mass is 371 g/mol. The van der Waals surface area contributed by atoms with Crippen LogP contribution in [0, 0.1) is 0 Å². The molecule has 0 bridgehead atoms. The SMILES string of the molecule is COc1ccc(CCNC(=O)C(=O)Nc2ccccc2C(N)=O)cc1OC. The summed E-state index contributed by atoms with van der Waals surface area (Å²) in [4.78, 5) is 35.3. The van der Waals surface area contributed by atoms with Crippen LogP contribution in [0.3, 0.4) is 0 Å². The second kappa shape index (κ2) is 9.23. The number of carbonyl (C=O) groups excluding carboxylic acids is 3. The van der Waals surface area contributed by atoms with Gasteiger partial charge < -0.3 is 25.8 Å². The molecule has 0 atom stereocenters. The molecular weight excluding hydrogens is 350 g/mol. The first-order chi connectivity index (χ1) is 13.0. The van der Waals surface area contributed by atoms with Gasteiger partial charge >= 0.3 is 11.8 Å². The summed E-state index contributed by atoms with van der Waals surface area (Å²) in [5, 5.41) is 4.91. The summed E-state index contributed by atoms with van der Waals surface area (Å²) >= 11 is 0. The highest BCUT2D eigenvalue weighted by atomic mass is 16.5. The van der Waals surface area contributed by atoms with Gasteiger partial charge in [-0.15, -0.1) is 0 Å². The maximum atomic E-state index is 12.0. The highest BCUT2D eigenvalue weighted by Crippen LogP contribution is 2.27. The lowest BCUT2D eigenvalue weighted by Crippen LogP contribution is -2.36. The molecule has 0 spiro atoms. The van der Waals surface area contributed by atoms with Crippen molar-refractivity contribution in [3.8, 4) is 11.5 Å². The predicted molar refractivity (Wildman–Crippen MR) is 99.8 cm³/mol. The molecule has 0 aliphatic carbocycles. The molecule has 0 radical (unpaired) electrons. The molecule has 8 heteroatoms. The zero-order valence-electron chi connectivity index (χ0n) is 15.1. The fraction of sp³-hybridized carbons (Fsp3) is 0.211. The van der Waals surface area contributed by atoms with Gasteiger partial charge in [-0.25, -0.2) is 0 Å². The van der Waals surface area contributed by atoms with Gasteiger partial charge in [0, 0.05) is 6.54 Å². The van der Waals surface area contributed by atoms with E-state index >= 15 is 0 Å². The molecule has 0 unspecified atom stereocenters. The van der Waals surface area contributed by atoms with Gasteiger partial charge in [-0.05, 0) is 36.2 Å². The molecule has 0 aliphatic heterocycles. The van der Waals surface area contributed by atoms with Crippen molar-refractivity contribution >= 4 is 23.4 Å². The van der Waals surface area contributed by atoms with Crippen molar-refractivity contribution in [3.05, 3.63) is 53.6 Å². The number of para-hydroxylation sites is 1. The van der Waals surface area contributed by atoms with E-state index in [1.807, 2.05) is 6.07 Å². The zero-order valence-corrected chi connectivity index (χ0v) is 15.1. The van der Waals surface area contributed by atoms with Crippen LogP contribution in [0.5, 0.6) is 11.5 Å². The third-order valence-electron chi connectivity index (χ3n) is 3.79. The molecule has 3 amide bonds. The van der Waals surface area contributed by atoms with E-state index in [0.29, 0.717) is 17.9 Å². The van der Waals surface area contributed by atoms with Gasteiger partial charge in [-0.2, -0.15) is 0 Å². The number of nitrogens with one attached hydrogen (secondary N) is 2. The summed E-state index contributed by atoms with van der Waals surface area (Å²) in [6, 6.07) is 11.6. The molecule has 0 aromatic heterocycles. The summed E-state index contributed by atoms with van der Waals surface area (Å²) in [7, 11) is 3.09. The number of methoxy groups -OCH3 is 2. The molecule has 4 N–H and O–H groups in total. The number of anilines is 1. The number of primary amides is 1. The summed E-state index contributed by atoms with van der Waals surface area (Å²) in [6.45, 7) is 0.249. The van der Waals surface area contributed by atoms with Crippen molar-refractivity contribution in [2.24, 2.45) is 5.73 Å². The minimum absolute atomic E-state index is 0.129. The van der Waals surface area contributed by atoms with Crippen LogP contribution in [-0.2, 0) is 16.0 Å². The van der Waals surface area contributed by atoms with Crippen LogP contribution in [0.1, 0.15) is 15.9 Å². The van der Waals surface area contributed by atoms with Gasteiger partial charge in [0.2, 0.25) is 0 Å². The summed E-state index contributed by atoms with van der Waals surface area (Å²) in [6.07, 6.45) is 0.497. The summed E-state index contributed by atoms with van der Waals surface area (Å²) in [5.41, 5.74) is 6.47. The normalized spacial score (nSPS) is 10.0. The van der Waals surface area contributed by atoms with Gasteiger partial charge in [0.05, 0.1) is 25.5 Å². The van der Waals surface area contributed by atoms with Gasteiger partial charge in [-0.3, -0.25) is 14.4 Å². The van der Waals surface area contributed by atoms with E-state index < -0.39 is 17.7 Å². The number of hydrogen-bond donors (Lipinski definition) is 3. The smallest absolute Gasteiger partial charge is 0.313 e. The average Bonchev–Trinajstić information content (AvgIpc) is 2.67. The third kappa shape index (κ3) is 5.21. The van der Waals surface area contributed by atoms with E-state index in [-0.39, 0.29) is 17.8 Å². The Morgan fingerprint density at radius 2 is 1.67 bits per heavy atom. The Morgan fingerprint density at radius 3 is 2.33 bits per heavy atom. The Labute approximate surface area is 156 Å². The van der Waals surface area contributed by atoms with Crippen LogP contribution in [-0.4, -0.2) is 38.5 Å². The summed E-state index contributed by atoms with van der Waals surface area (Å²) in [5.74, 6) is -1.19. The third-order valence-corrected chi connectivity index (χ3v) is 3.79. The maximum absolute atomic E-state index is 12.0. The second-order valence-corrected chi connectivity index (χ2v) is 5.56. The Bertz CT molecular complexity index is 851. The lowest BCUT2D eigenvalue weighted by atomic mass is 10.1. The van der Waals surface area contributed by atoms with Crippen molar-refractivity contribution < 1.29 is 23.9 Å². The standard InChI is InChI=1S/C19H21N3O5/c1-26-15-8-7-12(11-16(15)27-2)9-10-21-18(24)19(25)22-14-6-4-3-5-13(14)17(20)23/h3-8,11H,9-10H2,1-2H3,(H2,20,23)(H,21,24)(H,22,25). The average molecular weight is 371 g/mol. The predicted octanol–water partition coefficient (Wildman–Crippen LogP) is 1.10. The lowest BCUT2D eigenvalue weighted by Gasteiger charge is -2.11. The number of amides is 3. The zero-order chi connectivity index (χ0) is 19.8. The Balaban J connectivity index is 1.91. The number of benzene rings is 2. The minimum Gasteiger partial charge on any atom is -0.493 e. The van der Waals surface area contributed by atoms with E-state index in [9.17, 15) is 14.4 Å². The number of rotatable bonds is 7. The van der Waals surface area contributed by atoms with Gasteiger partial charge in [0.15, 0.2) is 11.5 Å². The van der Waals surface area contributed by atoms with Crippen LogP contribution in [0.25, 0.3) is 0 Å². The molecule has 0 fully saturated rings. The van der Waals surface area contributed by atoms with Crippen LogP contribution >= 0.6 is 0 Å². The molecule has 0 saturated heterocycles. The number of hydrogen-bond acceptors (Lipinski definition) is 5. The van der Waals surface area contributed by atoms with E-state index in [0.717, 1.165) is 5.56 Å². The van der Waals surface area contributed by atoms with Crippen molar-refractivity contribution in [1.82, 2.24) is 5.32 Å². The first-order valence-corrected chi connectivity index (χ1v) is 8.15. The topological polar surface area (TPSA) is 120 Å². The van der Waals surface area contributed by atoms with E-state index in [2.05, 4.69) is 10.6 Å². The molecule has 2 aromatic rings. The van der Waals surface area contributed by atoms with Gasteiger partial charge in [0.25, 0.3) is 5.91 Å². The molecule has 27 heavy (non-hydrogen) atoms. The molecular formula is C19H21N3O5. The Hall–Kier alpha value is -3.55. The molecule has 0 saturated carbocycles. The Morgan fingerprint density at radius 1 is 0.963 bits per heavy atom. The van der Waals surface area contributed by atoms with Crippen LogP contribution in [0.2, 0.25) is 0 Å². The fourth-order valence-electron chi connectivity index (χ4n) is 2.42.